The molecule has 0 atom stereocenters. The van der Waals surface area contributed by atoms with Gasteiger partial charge >= 0.3 is 0 Å². The summed E-state index contributed by atoms with van der Waals surface area (Å²) in [5.41, 5.74) is 5.12. The smallest absolute Gasteiger partial charge is 0.287 e. The van der Waals surface area contributed by atoms with Crippen LogP contribution in [0, 0.1) is 13.8 Å². The van der Waals surface area contributed by atoms with E-state index < -0.39 is 0 Å². The van der Waals surface area contributed by atoms with Crippen molar-refractivity contribution in [2.24, 2.45) is 0 Å². The van der Waals surface area contributed by atoms with E-state index in [-0.39, 0.29) is 18.3 Å². The van der Waals surface area contributed by atoms with E-state index in [0.29, 0.717) is 12.3 Å². The quantitative estimate of drug-likeness (QED) is 0.420. The van der Waals surface area contributed by atoms with E-state index in [1.807, 2.05) is 73.1 Å². The van der Waals surface area contributed by atoms with Gasteiger partial charge in [-0.2, -0.15) is 5.10 Å². The Labute approximate surface area is 187 Å². The van der Waals surface area contributed by atoms with E-state index in [0.717, 1.165) is 34.8 Å². The van der Waals surface area contributed by atoms with Crippen LogP contribution in [0.2, 0.25) is 0 Å². The summed E-state index contributed by atoms with van der Waals surface area (Å²) in [6, 6.07) is 21.3. The third-order valence-electron chi connectivity index (χ3n) is 5.47. The van der Waals surface area contributed by atoms with Crippen LogP contribution in [0.5, 0.6) is 5.75 Å². The van der Waals surface area contributed by atoms with Crippen molar-refractivity contribution in [3.8, 4) is 11.4 Å². The molecular formula is C26H27N3O3. The van der Waals surface area contributed by atoms with Gasteiger partial charge in [0.15, 0.2) is 5.76 Å². The van der Waals surface area contributed by atoms with Crippen molar-refractivity contribution in [1.82, 2.24) is 15.1 Å². The lowest BCUT2D eigenvalue weighted by molar-refractivity contribution is 0.0919. The van der Waals surface area contributed by atoms with Gasteiger partial charge < -0.3 is 14.5 Å². The second kappa shape index (κ2) is 9.56. The van der Waals surface area contributed by atoms with Crippen LogP contribution >= 0.6 is 0 Å². The maximum atomic E-state index is 12.6. The minimum Gasteiger partial charge on any atom is -0.486 e. The van der Waals surface area contributed by atoms with E-state index in [4.69, 9.17) is 9.15 Å². The summed E-state index contributed by atoms with van der Waals surface area (Å²) in [6.45, 7) is 6.71. The molecule has 6 nitrogen and oxygen atoms in total. The molecule has 2 aromatic heterocycles. The summed E-state index contributed by atoms with van der Waals surface area (Å²) in [7, 11) is 0. The molecule has 2 aromatic carbocycles. The second-order valence-electron chi connectivity index (χ2n) is 7.63. The number of carbonyl (C=O) groups excluding carboxylic acids is 1. The fraction of sp³-hybridized carbons (Fsp3) is 0.231. The van der Waals surface area contributed by atoms with E-state index >= 15 is 0 Å². The van der Waals surface area contributed by atoms with E-state index in [1.54, 1.807) is 12.1 Å². The molecule has 4 aromatic rings. The number of nitrogens with zero attached hydrogens (tertiary/aromatic N) is 2. The third kappa shape index (κ3) is 4.75. The van der Waals surface area contributed by atoms with Gasteiger partial charge in [0.1, 0.15) is 18.1 Å². The predicted molar refractivity (Wildman–Crippen MR) is 123 cm³/mol. The molecule has 6 heteroatoms. The maximum Gasteiger partial charge on any atom is 0.287 e. The Hall–Kier alpha value is -3.80. The number of amides is 1. The highest BCUT2D eigenvalue weighted by molar-refractivity contribution is 5.91. The van der Waals surface area contributed by atoms with Crippen LogP contribution in [0.25, 0.3) is 5.69 Å². The first-order chi connectivity index (χ1) is 15.5. The number of ether oxygens (including phenoxy) is 1. The van der Waals surface area contributed by atoms with Gasteiger partial charge in [0.2, 0.25) is 0 Å². The summed E-state index contributed by atoms with van der Waals surface area (Å²) in [5.74, 6) is 1.36. The number of hydrogen-bond donors (Lipinski definition) is 1. The molecule has 1 N–H and O–H groups in total. The molecule has 0 bridgehead atoms. The van der Waals surface area contributed by atoms with Crippen molar-refractivity contribution >= 4 is 5.91 Å². The minimum atomic E-state index is -0.269. The highest BCUT2D eigenvalue weighted by atomic mass is 16.5. The van der Waals surface area contributed by atoms with Crippen LogP contribution in [0.3, 0.4) is 0 Å². The Morgan fingerprint density at radius 2 is 1.78 bits per heavy atom. The molecular weight excluding hydrogens is 402 g/mol. The average molecular weight is 430 g/mol. The monoisotopic (exact) mass is 429 g/mol. The van der Waals surface area contributed by atoms with Gasteiger partial charge in [-0.3, -0.25) is 4.79 Å². The summed E-state index contributed by atoms with van der Waals surface area (Å²) in [5, 5.41) is 7.56. The molecule has 0 aliphatic heterocycles. The Balaban J connectivity index is 1.36. The second-order valence-corrected chi connectivity index (χ2v) is 7.63. The number of rotatable bonds is 8. The van der Waals surface area contributed by atoms with Crippen molar-refractivity contribution in [2.45, 2.75) is 40.3 Å². The van der Waals surface area contributed by atoms with Gasteiger partial charge in [0, 0.05) is 17.8 Å². The van der Waals surface area contributed by atoms with Crippen LogP contribution in [0.15, 0.2) is 71.1 Å². The first-order valence-electron chi connectivity index (χ1n) is 10.7. The van der Waals surface area contributed by atoms with E-state index in [1.165, 1.54) is 5.56 Å². The summed E-state index contributed by atoms with van der Waals surface area (Å²) >= 11 is 0. The van der Waals surface area contributed by atoms with Crippen molar-refractivity contribution in [2.75, 3.05) is 0 Å². The fourth-order valence-electron chi connectivity index (χ4n) is 3.56. The molecule has 0 radical (unpaired) electrons. The summed E-state index contributed by atoms with van der Waals surface area (Å²) in [6.07, 6.45) is 0.989. The van der Waals surface area contributed by atoms with Gasteiger partial charge in [-0.25, -0.2) is 4.68 Å². The number of aryl methyl sites for hydroxylation is 2. The lowest BCUT2D eigenvalue weighted by Crippen LogP contribution is -2.23. The molecule has 2 heterocycles. The van der Waals surface area contributed by atoms with Crippen LogP contribution in [-0.2, 0) is 19.6 Å². The zero-order valence-electron chi connectivity index (χ0n) is 18.6. The molecule has 0 aliphatic carbocycles. The van der Waals surface area contributed by atoms with E-state index in [2.05, 4.69) is 17.3 Å². The maximum absolute atomic E-state index is 12.6. The number of carbonyl (C=O) groups is 1. The zero-order valence-corrected chi connectivity index (χ0v) is 18.6. The summed E-state index contributed by atoms with van der Waals surface area (Å²) in [4.78, 5) is 12.6. The lowest BCUT2D eigenvalue weighted by Gasteiger charge is -2.07. The lowest BCUT2D eigenvalue weighted by atomic mass is 10.2. The molecule has 1 amide bonds. The molecule has 0 saturated heterocycles. The van der Waals surface area contributed by atoms with Crippen LogP contribution in [0.1, 0.15) is 45.8 Å². The van der Waals surface area contributed by atoms with Crippen LogP contribution < -0.4 is 10.1 Å². The first kappa shape index (κ1) is 21.4. The SMILES string of the molecule is CCc1ccc(OCc2ccc(C(=O)NCc3c(C)nn(-c4ccccc4)c3C)o2)cc1. The van der Waals surface area contributed by atoms with Gasteiger partial charge in [-0.05, 0) is 62.2 Å². The number of benzene rings is 2. The van der Waals surface area contributed by atoms with Gasteiger partial charge in [-0.15, -0.1) is 0 Å². The molecule has 32 heavy (non-hydrogen) atoms. The van der Waals surface area contributed by atoms with Crippen molar-refractivity contribution in [3.05, 3.63) is 101 Å². The molecule has 0 spiro atoms. The number of furan rings is 1. The normalized spacial score (nSPS) is 10.8. The number of aromatic nitrogens is 2. The molecule has 0 fully saturated rings. The third-order valence-corrected chi connectivity index (χ3v) is 5.47. The van der Waals surface area contributed by atoms with Crippen LogP contribution in [0.4, 0.5) is 0 Å². The number of hydrogen-bond acceptors (Lipinski definition) is 4. The Kier molecular flexibility index (Phi) is 6.40. The van der Waals surface area contributed by atoms with Gasteiger partial charge in [0.05, 0.1) is 11.4 Å². The molecule has 164 valence electrons. The highest BCUT2D eigenvalue weighted by Crippen LogP contribution is 2.19. The largest absolute Gasteiger partial charge is 0.486 e. The molecule has 0 saturated carbocycles. The number of nitrogens with one attached hydrogen (secondary N) is 1. The number of para-hydroxylation sites is 1. The van der Waals surface area contributed by atoms with Crippen molar-refractivity contribution < 1.29 is 13.9 Å². The Morgan fingerprint density at radius 3 is 2.50 bits per heavy atom. The predicted octanol–water partition coefficient (Wildman–Crippen LogP) is 5.15. The van der Waals surface area contributed by atoms with Crippen molar-refractivity contribution in [1.29, 1.82) is 0 Å². The minimum absolute atomic E-state index is 0.260. The van der Waals surface area contributed by atoms with Crippen molar-refractivity contribution in [3.63, 3.8) is 0 Å². The molecule has 0 aliphatic rings. The van der Waals surface area contributed by atoms with Gasteiger partial charge in [0.25, 0.3) is 5.91 Å². The topological polar surface area (TPSA) is 69.3 Å². The fourth-order valence-corrected chi connectivity index (χ4v) is 3.56. The average Bonchev–Trinajstić information content (AvgIpc) is 3.41. The van der Waals surface area contributed by atoms with Gasteiger partial charge in [-0.1, -0.05) is 37.3 Å². The Morgan fingerprint density at radius 1 is 1.03 bits per heavy atom. The van der Waals surface area contributed by atoms with E-state index in [9.17, 15) is 4.79 Å². The molecule has 4 rings (SSSR count). The zero-order chi connectivity index (χ0) is 22.5. The highest BCUT2D eigenvalue weighted by Gasteiger charge is 2.16. The first-order valence-corrected chi connectivity index (χ1v) is 10.7. The Bertz CT molecular complexity index is 1190. The summed E-state index contributed by atoms with van der Waals surface area (Å²) < 4.78 is 13.3. The van der Waals surface area contributed by atoms with Crippen LogP contribution in [-0.4, -0.2) is 15.7 Å². The standard InChI is InChI=1S/C26H27N3O3/c1-4-20-10-12-22(13-11-20)31-17-23-14-15-25(32-23)26(30)27-16-24-18(2)28-29(19(24)3)21-8-6-5-7-9-21/h5-15H,4,16-17H2,1-3H3,(H,27,30). The molecule has 0 unspecified atom stereocenters.